The Balaban J connectivity index is 0.00000256. The molecule has 7 N–H and O–H groups in total. The molecule has 0 aromatic carbocycles. The molecule has 0 radical (unpaired) electrons. The molecular formula is C8H15ClN8. The summed E-state index contributed by atoms with van der Waals surface area (Å²) in [6.45, 7) is 3.52. The summed E-state index contributed by atoms with van der Waals surface area (Å²) in [5.41, 5.74) is 17.6. The fraction of sp³-hybridized carbons (Fsp3) is 0.250. The van der Waals surface area contributed by atoms with Gasteiger partial charge in [0.05, 0.1) is 11.4 Å². The topological polar surface area (TPSA) is 144 Å². The molecule has 17 heavy (non-hydrogen) atoms. The van der Waals surface area contributed by atoms with E-state index in [1.807, 2.05) is 0 Å². The second-order valence-corrected chi connectivity index (χ2v) is 3.17. The molecule has 1 rings (SSSR count). The van der Waals surface area contributed by atoms with Gasteiger partial charge in [-0.05, 0) is 13.8 Å². The van der Waals surface area contributed by atoms with Crippen LogP contribution in [-0.2, 0) is 0 Å². The lowest BCUT2D eigenvalue weighted by Gasteiger charge is -1.94. The lowest BCUT2D eigenvalue weighted by molar-refractivity contribution is 0.892. The monoisotopic (exact) mass is 258 g/mol. The van der Waals surface area contributed by atoms with E-state index in [9.17, 15) is 0 Å². The third kappa shape index (κ3) is 3.76. The molecule has 0 bridgehead atoms. The predicted molar refractivity (Wildman–Crippen MR) is 69.5 cm³/mol. The van der Waals surface area contributed by atoms with Crippen molar-refractivity contribution in [2.45, 2.75) is 13.8 Å². The molecule has 0 unspecified atom stereocenters. The number of nitrogens with zero attached hydrogens (tertiary/aromatic N) is 4. The minimum absolute atomic E-state index is 0. The Morgan fingerprint density at radius 1 is 1.35 bits per heavy atom. The van der Waals surface area contributed by atoms with Crippen LogP contribution >= 0.6 is 12.4 Å². The van der Waals surface area contributed by atoms with Crippen molar-refractivity contribution >= 4 is 30.0 Å². The van der Waals surface area contributed by atoms with Crippen LogP contribution in [0.5, 0.6) is 0 Å². The van der Waals surface area contributed by atoms with Gasteiger partial charge in [-0.2, -0.15) is 10.2 Å². The van der Waals surface area contributed by atoms with Crippen molar-refractivity contribution in [1.82, 2.24) is 9.78 Å². The van der Waals surface area contributed by atoms with Gasteiger partial charge in [0, 0.05) is 11.8 Å². The smallest absolute Gasteiger partial charge is 0.213 e. The molecule has 0 aliphatic heterocycles. The third-order valence-electron chi connectivity index (χ3n) is 1.85. The number of nitrogen functional groups attached to an aromatic ring is 1. The maximum absolute atomic E-state index is 7.23. The number of rotatable bonds is 2. The minimum Gasteiger partial charge on any atom is -0.369 e. The molecule has 1 aromatic heterocycles. The number of hydrogen-bond donors (Lipinski definition) is 4. The normalized spacial score (nSPS) is 10.6. The second kappa shape index (κ2) is 5.85. The molecule has 94 valence electrons. The van der Waals surface area contributed by atoms with Gasteiger partial charge in [-0.15, -0.1) is 17.5 Å². The Kier molecular flexibility index (Phi) is 5.13. The van der Waals surface area contributed by atoms with Crippen molar-refractivity contribution < 1.29 is 0 Å². The van der Waals surface area contributed by atoms with Crippen LogP contribution in [0.1, 0.15) is 18.2 Å². The molecule has 0 fully saturated rings. The maximum Gasteiger partial charge on any atom is 0.213 e. The summed E-state index contributed by atoms with van der Waals surface area (Å²) in [6.07, 6.45) is 1.60. The highest BCUT2D eigenvalue weighted by molar-refractivity contribution is 6.00. The Hall–Kier alpha value is -2.09. The first-order valence-corrected chi connectivity index (χ1v) is 4.46. The maximum atomic E-state index is 7.23. The van der Waals surface area contributed by atoms with Crippen LogP contribution in [0.25, 0.3) is 0 Å². The second-order valence-electron chi connectivity index (χ2n) is 3.17. The fourth-order valence-corrected chi connectivity index (χ4v) is 1.13. The first-order valence-electron chi connectivity index (χ1n) is 4.46. The van der Waals surface area contributed by atoms with E-state index in [1.165, 1.54) is 4.68 Å². The summed E-state index contributed by atoms with van der Waals surface area (Å²) in [5, 5.41) is 18.6. The molecule has 0 aliphatic rings. The van der Waals surface area contributed by atoms with E-state index in [0.717, 1.165) is 5.56 Å². The number of hydrogen-bond acceptors (Lipinski definition) is 4. The van der Waals surface area contributed by atoms with Gasteiger partial charge < -0.3 is 17.2 Å². The van der Waals surface area contributed by atoms with E-state index in [2.05, 4.69) is 15.3 Å². The lowest BCUT2D eigenvalue weighted by atomic mass is 10.2. The van der Waals surface area contributed by atoms with Gasteiger partial charge in [0.2, 0.25) is 11.9 Å². The molecule has 0 saturated carbocycles. The number of nitrogens with one attached hydrogen (secondary N) is 1. The number of guanidine groups is 1. The zero-order valence-electron chi connectivity index (χ0n) is 9.51. The molecule has 1 heterocycles. The van der Waals surface area contributed by atoms with Gasteiger partial charge in [0.15, 0.2) is 0 Å². The Labute approximate surface area is 104 Å². The fourth-order valence-electron chi connectivity index (χ4n) is 1.13. The van der Waals surface area contributed by atoms with E-state index in [0.29, 0.717) is 11.4 Å². The van der Waals surface area contributed by atoms with Gasteiger partial charge in [-0.1, -0.05) is 0 Å². The average Bonchev–Trinajstić information content (AvgIpc) is 2.57. The quantitative estimate of drug-likeness (QED) is 0.317. The van der Waals surface area contributed by atoms with Crippen LogP contribution in [0.4, 0.5) is 0 Å². The number of halogens is 1. The zero-order chi connectivity index (χ0) is 12.3. The molecule has 9 heteroatoms. The summed E-state index contributed by atoms with van der Waals surface area (Å²) < 4.78 is 1.25. The lowest BCUT2D eigenvalue weighted by Crippen LogP contribution is -2.22. The van der Waals surface area contributed by atoms with E-state index in [4.69, 9.17) is 22.6 Å². The summed E-state index contributed by atoms with van der Waals surface area (Å²) in [5.74, 6) is -0.278. The van der Waals surface area contributed by atoms with Crippen molar-refractivity contribution in [2.75, 3.05) is 0 Å². The highest BCUT2D eigenvalue weighted by Crippen LogP contribution is 2.06. The van der Waals surface area contributed by atoms with Crippen LogP contribution in [0, 0.1) is 12.3 Å². The van der Waals surface area contributed by atoms with E-state index >= 15 is 0 Å². The number of nitrogens with two attached hydrogens (primary N) is 3. The van der Waals surface area contributed by atoms with Gasteiger partial charge in [-0.3, -0.25) is 5.41 Å². The summed E-state index contributed by atoms with van der Waals surface area (Å²) in [4.78, 5) is 0. The Morgan fingerprint density at radius 3 is 2.35 bits per heavy atom. The van der Waals surface area contributed by atoms with Crippen molar-refractivity contribution in [3.8, 4) is 0 Å². The van der Waals surface area contributed by atoms with Crippen molar-refractivity contribution in [1.29, 1.82) is 5.41 Å². The Bertz CT molecular complexity index is 468. The van der Waals surface area contributed by atoms with Gasteiger partial charge in [0.1, 0.15) is 0 Å². The van der Waals surface area contributed by atoms with Crippen LogP contribution < -0.4 is 17.2 Å². The largest absolute Gasteiger partial charge is 0.369 e. The zero-order valence-corrected chi connectivity index (χ0v) is 10.3. The number of aryl methyl sites for hydroxylation is 1. The first-order chi connectivity index (χ1) is 7.41. The first kappa shape index (κ1) is 14.9. The summed E-state index contributed by atoms with van der Waals surface area (Å²) in [7, 11) is 0. The molecule has 0 aliphatic carbocycles. The minimum atomic E-state index is -0.163. The van der Waals surface area contributed by atoms with Crippen molar-refractivity contribution in [3.63, 3.8) is 0 Å². The average molecular weight is 259 g/mol. The summed E-state index contributed by atoms with van der Waals surface area (Å²) in [6, 6.07) is 0. The van der Waals surface area contributed by atoms with Gasteiger partial charge in [-0.25, -0.2) is 4.68 Å². The molecule has 0 atom stereocenters. The third-order valence-corrected chi connectivity index (χ3v) is 1.85. The standard InChI is InChI=1S/C8H14N8.ClH/c1-4(13-14-7(9)10)6-3-16(8(11)12)15-5(6)2;/h3H,1-2H3,(H3,11,12)(H4,9,10,14);1H. The van der Waals surface area contributed by atoms with Crippen LogP contribution in [-0.4, -0.2) is 27.4 Å². The highest BCUT2D eigenvalue weighted by Gasteiger charge is 2.08. The molecule has 0 amide bonds. The summed E-state index contributed by atoms with van der Waals surface area (Å²) >= 11 is 0. The van der Waals surface area contributed by atoms with Gasteiger partial charge in [0.25, 0.3) is 0 Å². The van der Waals surface area contributed by atoms with Gasteiger partial charge >= 0.3 is 0 Å². The number of aromatic nitrogens is 2. The van der Waals surface area contributed by atoms with E-state index < -0.39 is 0 Å². The van der Waals surface area contributed by atoms with Crippen molar-refractivity contribution in [3.05, 3.63) is 17.5 Å². The molecule has 0 spiro atoms. The van der Waals surface area contributed by atoms with Crippen LogP contribution in [0.15, 0.2) is 16.4 Å². The highest BCUT2D eigenvalue weighted by atomic mass is 35.5. The van der Waals surface area contributed by atoms with E-state index in [-0.39, 0.29) is 24.3 Å². The van der Waals surface area contributed by atoms with Crippen molar-refractivity contribution in [2.24, 2.45) is 27.4 Å². The van der Waals surface area contributed by atoms with E-state index in [1.54, 1.807) is 20.0 Å². The van der Waals surface area contributed by atoms with Crippen LogP contribution in [0.2, 0.25) is 0 Å². The molecule has 1 aromatic rings. The van der Waals surface area contributed by atoms with Crippen LogP contribution in [0.3, 0.4) is 0 Å². The Morgan fingerprint density at radius 2 is 1.94 bits per heavy atom. The predicted octanol–water partition coefficient (Wildman–Crippen LogP) is -0.648. The SMILES string of the molecule is CC(=NN=C(N)N)c1cn(C(=N)N)nc1C.Cl. The molecule has 8 nitrogen and oxygen atoms in total. The molecule has 0 saturated heterocycles. The molecular weight excluding hydrogens is 244 g/mol.